The van der Waals surface area contributed by atoms with Gasteiger partial charge in [-0.2, -0.15) is 0 Å². The Balaban J connectivity index is 1.42. The summed E-state index contributed by atoms with van der Waals surface area (Å²) in [6.45, 7) is 6.07. The van der Waals surface area contributed by atoms with Crippen LogP contribution in [0.2, 0.25) is 0 Å². The third-order valence-corrected chi connectivity index (χ3v) is 7.61. The van der Waals surface area contributed by atoms with Crippen LogP contribution in [0, 0.1) is 0 Å². The molecule has 3 aromatic rings. The number of benzene rings is 3. The van der Waals surface area contributed by atoms with Crippen LogP contribution in [0.25, 0.3) is 0 Å². The molecule has 218 valence electrons. The van der Waals surface area contributed by atoms with Crippen LogP contribution in [-0.2, 0) is 9.53 Å². The van der Waals surface area contributed by atoms with Crippen molar-refractivity contribution in [2.45, 2.75) is 25.9 Å². The minimum absolute atomic E-state index is 0.000933. The second-order valence-electron chi connectivity index (χ2n) is 10.5. The Kier molecular flexibility index (Phi) is 8.88. The van der Waals surface area contributed by atoms with E-state index < -0.39 is 12.0 Å². The zero-order valence-electron chi connectivity index (χ0n) is 24.2. The largest absolute Gasteiger partial charge is 0.463 e. The van der Waals surface area contributed by atoms with Gasteiger partial charge in [0.2, 0.25) is 0 Å². The standard InChI is InChI=1S/C33H36N4O5/c1-4-41-32(39)29-28(22-36-18-19-37(23(2)21-36)31(38)24-12-7-5-8-13-24)35(3)33(40)34-30(29)25-14-11-17-27(20-25)42-26-15-9-6-10-16-26/h5-17,20,23,30H,4,18-19,21-22H2,1-3H3,(H,34,40)/t23-,30+/m1/s1. The normalized spacial score (nSPS) is 19.4. The van der Waals surface area contributed by atoms with Gasteiger partial charge in [-0.25, -0.2) is 9.59 Å². The lowest BCUT2D eigenvalue weighted by molar-refractivity contribution is -0.139. The van der Waals surface area contributed by atoms with Crippen molar-refractivity contribution in [1.29, 1.82) is 0 Å². The van der Waals surface area contributed by atoms with Crippen molar-refractivity contribution >= 4 is 17.9 Å². The summed E-state index contributed by atoms with van der Waals surface area (Å²) in [4.78, 5) is 45.3. The molecule has 0 aliphatic carbocycles. The number of hydrogen-bond donors (Lipinski definition) is 1. The molecule has 1 fully saturated rings. The van der Waals surface area contributed by atoms with Crippen molar-refractivity contribution < 1.29 is 23.9 Å². The highest BCUT2D eigenvalue weighted by atomic mass is 16.5. The van der Waals surface area contributed by atoms with Gasteiger partial charge in [0.15, 0.2) is 0 Å². The van der Waals surface area contributed by atoms with E-state index in [4.69, 9.17) is 9.47 Å². The number of nitrogens with one attached hydrogen (secondary N) is 1. The van der Waals surface area contributed by atoms with Gasteiger partial charge in [0, 0.05) is 50.5 Å². The highest BCUT2D eigenvalue weighted by Crippen LogP contribution is 2.34. The quantitative estimate of drug-likeness (QED) is 0.391. The fourth-order valence-corrected chi connectivity index (χ4v) is 5.47. The van der Waals surface area contributed by atoms with Gasteiger partial charge in [0.1, 0.15) is 11.5 Å². The van der Waals surface area contributed by atoms with Crippen LogP contribution in [0.1, 0.15) is 35.8 Å². The van der Waals surface area contributed by atoms with Gasteiger partial charge in [0.25, 0.3) is 5.91 Å². The van der Waals surface area contributed by atoms with Crippen molar-refractivity contribution in [3.05, 3.63) is 107 Å². The minimum atomic E-state index is -0.722. The Morgan fingerprint density at radius 3 is 2.31 bits per heavy atom. The Hall–Kier alpha value is -4.63. The second-order valence-corrected chi connectivity index (χ2v) is 10.5. The first-order chi connectivity index (χ1) is 20.4. The average Bonchev–Trinajstić information content (AvgIpc) is 3.00. The number of carbonyl (C=O) groups excluding carboxylic acids is 3. The maximum Gasteiger partial charge on any atom is 0.338 e. The molecule has 0 radical (unpaired) electrons. The molecule has 5 rings (SSSR count). The maximum atomic E-state index is 13.5. The van der Waals surface area contributed by atoms with E-state index in [1.165, 1.54) is 4.90 Å². The van der Waals surface area contributed by atoms with Crippen LogP contribution in [-0.4, -0.2) is 78.5 Å². The molecule has 1 saturated heterocycles. The molecule has 0 saturated carbocycles. The van der Waals surface area contributed by atoms with E-state index in [2.05, 4.69) is 10.2 Å². The molecule has 1 N–H and O–H groups in total. The van der Waals surface area contributed by atoms with Gasteiger partial charge < -0.3 is 19.7 Å². The lowest BCUT2D eigenvalue weighted by Crippen LogP contribution is -2.56. The molecule has 2 aliphatic rings. The van der Waals surface area contributed by atoms with Crippen molar-refractivity contribution in [3.63, 3.8) is 0 Å². The number of esters is 1. The number of nitrogens with zero attached hydrogens (tertiary/aromatic N) is 3. The van der Waals surface area contributed by atoms with E-state index in [9.17, 15) is 14.4 Å². The summed E-state index contributed by atoms with van der Waals surface area (Å²) < 4.78 is 11.5. The number of hydrogen-bond acceptors (Lipinski definition) is 6. The summed E-state index contributed by atoms with van der Waals surface area (Å²) in [6, 6.07) is 25.0. The van der Waals surface area contributed by atoms with Gasteiger partial charge in [-0.3, -0.25) is 14.6 Å². The van der Waals surface area contributed by atoms with Gasteiger partial charge in [-0.15, -0.1) is 0 Å². The summed E-state index contributed by atoms with van der Waals surface area (Å²) in [6.07, 6.45) is 0. The highest BCUT2D eigenvalue weighted by molar-refractivity contribution is 5.95. The van der Waals surface area contributed by atoms with Crippen LogP contribution in [0.3, 0.4) is 0 Å². The smallest absolute Gasteiger partial charge is 0.338 e. The number of likely N-dealkylation sites (N-methyl/N-ethyl adjacent to an activating group) is 1. The predicted molar refractivity (Wildman–Crippen MR) is 159 cm³/mol. The SMILES string of the molecule is CCOC(=O)C1=C(CN2CCN(C(=O)c3ccccc3)[C@H](C)C2)N(C)C(=O)N[C@H]1c1cccc(Oc2ccccc2)c1. The van der Waals surface area contributed by atoms with Gasteiger partial charge in [0.05, 0.1) is 18.2 Å². The van der Waals surface area contributed by atoms with Crippen LogP contribution in [0.15, 0.2) is 96.2 Å². The first-order valence-corrected chi connectivity index (χ1v) is 14.2. The first-order valence-electron chi connectivity index (χ1n) is 14.2. The van der Waals surface area contributed by atoms with E-state index >= 15 is 0 Å². The first kappa shape index (κ1) is 28.9. The van der Waals surface area contributed by atoms with E-state index in [1.54, 1.807) is 14.0 Å². The molecule has 2 aliphatic heterocycles. The molecule has 2 atom stereocenters. The van der Waals surface area contributed by atoms with Crippen LogP contribution in [0.5, 0.6) is 11.5 Å². The molecule has 9 nitrogen and oxygen atoms in total. The summed E-state index contributed by atoms with van der Waals surface area (Å²) in [7, 11) is 1.66. The zero-order valence-corrected chi connectivity index (χ0v) is 24.2. The number of amides is 3. The number of para-hydroxylation sites is 1. The summed E-state index contributed by atoms with van der Waals surface area (Å²) >= 11 is 0. The number of piperazine rings is 1. The number of urea groups is 1. The van der Waals surface area contributed by atoms with Crippen molar-refractivity contribution in [1.82, 2.24) is 20.0 Å². The summed E-state index contributed by atoms with van der Waals surface area (Å²) in [5, 5.41) is 2.98. The van der Waals surface area contributed by atoms with Gasteiger partial charge in [-0.05, 0) is 55.8 Å². The third kappa shape index (κ3) is 6.31. The van der Waals surface area contributed by atoms with Crippen LogP contribution in [0.4, 0.5) is 4.79 Å². The molecule has 3 aromatic carbocycles. The number of carbonyl (C=O) groups is 3. The van der Waals surface area contributed by atoms with Gasteiger partial charge >= 0.3 is 12.0 Å². The Morgan fingerprint density at radius 2 is 1.62 bits per heavy atom. The van der Waals surface area contributed by atoms with Crippen molar-refractivity contribution in [2.75, 3.05) is 39.8 Å². The van der Waals surface area contributed by atoms with Crippen molar-refractivity contribution in [2.24, 2.45) is 0 Å². The average molecular weight is 569 g/mol. The molecule has 0 spiro atoms. The monoisotopic (exact) mass is 568 g/mol. The molecule has 3 amide bonds. The number of ether oxygens (including phenoxy) is 2. The molecule has 0 aromatic heterocycles. The molecular formula is C33H36N4O5. The second kappa shape index (κ2) is 12.9. The Labute approximate surface area is 246 Å². The third-order valence-electron chi connectivity index (χ3n) is 7.61. The fraction of sp³-hybridized carbons (Fsp3) is 0.303. The molecule has 42 heavy (non-hydrogen) atoms. The molecule has 0 unspecified atom stereocenters. The maximum absolute atomic E-state index is 13.5. The fourth-order valence-electron chi connectivity index (χ4n) is 5.47. The lowest BCUT2D eigenvalue weighted by atomic mass is 9.94. The minimum Gasteiger partial charge on any atom is -0.463 e. The Morgan fingerprint density at radius 1 is 0.929 bits per heavy atom. The molecule has 9 heteroatoms. The zero-order chi connectivity index (χ0) is 29.6. The van der Waals surface area contributed by atoms with Crippen LogP contribution >= 0.6 is 0 Å². The number of rotatable bonds is 8. The molecule has 2 heterocycles. The van der Waals surface area contributed by atoms with Gasteiger partial charge in [-0.1, -0.05) is 48.5 Å². The van der Waals surface area contributed by atoms with Crippen LogP contribution < -0.4 is 10.1 Å². The van der Waals surface area contributed by atoms with E-state index in [-0.39, 0.29) is 24.6 Å². The highest BCUT2D eigenvalue weighted by Gasteiger charge is 2.38. The van der Waals surface area contributed by atoms with Crippen molar-refractivity contribution in [3.8, 4) is 11.5 Å². The summed E-state index contributed by atoms with van der Waals surface area (Å²) in [5.74, 6) is 0.790. The predicted octanol–water partition coefficient (Wildman–Crippen LogP) is 4.84. The van der Waals surface area contributed by atoms with E-state index in [0.29, 0.717) is 60.1 Å². The Bertz CT molecular complexity index is 1460. The summed E-state index contributed by atoms with van der Waals surface area (Å²) in [5.41, 5.74) is 2.32. The topological polar surface area (TPSA) is 91.4 Å². The molecular weight excluding hydrogens is 532 g/mol. The van der Waals surface area contributed by atoms with E-state index in [1.807, 2.05) is 96.8 Å². The van der Waals surface area contributed by atoms with E-state index in [0.717, 1.165) is 0 Å². The lowest BCUT2D eigenvalue weighted by Gasteiger charge is -2.42. The molecule has 0 bridgehead atoms.